The summed E-state index contributed by atoms with van der Waals surface area (Å²) < 4.78 is 11.7. The van der Waals surface area contributed by atoms with Crippen molar-refractivity contribution < 1.29 is 9.47 Å². The van der Waals surface area contributed by atoms with Crippen molar-refractivity contribution in [1.82, 2.24) is 0 Å². The van der Waals surface area contributed by atoms with E-state index in [-0.39, 0.29) is 5.60 Å². The predicted molar refractivity (Wildman–Crippen MR) is 84.8 cm³/mol. The van der Waals surface area contributed by atoms with E-state index in [2.05, 4.69) is 34.6 Å². The molecule has 1 aliphatic carbocycles. The normalized spacial score (nSPS) is 28.1. The van der Waals surface area contributed by atoms with Crippen molar-refractivity contribution in [2.45, 2.75) is 65.9 Å². The van der Waals surface area contributed by atoms with Gasteiger partial charge >= 0.3 is 0 Å². The highest BCUT2D eigenvalue weighted by Crippen LogP contribution is 2.42. The van der Waals surface area contributed by atoms with Crippen LogP contribution in [0.3, 0.4) is 0 Å². The molecule has 1 aliphatic rings. The monoisotopic (exact) mass is 285 g/mol. The highest BCUT2D eigenvalue weighted by atomic mass is 16.5. The average molecular weight is 285 g/mol. The van der Waals surface area contributed by atoms with Crippen molar-refractivity contribution >= 4 is 0 Å². The third-order valence-corrected chi connectivity index (χ3v) is 4.58. The second-order valence-electron chi connectivity index (χ2n) is 7.84. The summed E-state index contributed by atoms with van der Waals surface area (Å²) in [5.41, 5.74) is 6.30. The van der Waals surface area contributed by atoms with E-state index in [4.69, 9.17) is 15.2 Å². The minimum absolute atomic E-state index is 0.0943. The zero-order chi connectivity index (χ0) is 15.2. The Bertz CT molecular complexity index is 263. The lowest BCUT2D eigenvalue weighted by molar-refractivity contribution is -0.0960. The zero-order valence-corrected chi connectivity index (χ0v) is 14.2. The second-order valence-corrected chi connectivity index (χ2v) is 7.84. The summed E-state index contributed by atoms with van der Waals surface area (Å²) in [6.07, 6.45) is 4.65. The van der Waals surface area contributed by atoms with E-state index in [0.717, 1.165) is 25.4 Å². The molecule has 0 amide bonds. The maximum Gasteiger partial charge on any atom is 0.0805 e. The van der Waals surface area contributed by atoms with Gasteiger partial charge in [-0.1, -0.05) is 34.6 Å². The molecular formula is C17H35NO2. The molecule has 0 aliphatic heterocycles. The number of ether oxygens (including phenoxy) is 2. The van der Waals surface area contributed by atoms with Crippen LogP contribution in [-0.2, 0) is 9.47 Å². The first-order chi connectivity index (χ1) is 9.29. The number of hydrogen-bond donors (Lipinski definition) is 1. The molecule has 1 rings (SSSR count). The standard InChI is InChI=1S/C17H35NO2/c1-14(2)12-19-10-11-20-17(13-18)8-6-15(7-9-17)16(3,4)5/h14-15H,6-13,18H2,1-5H3. The summed E-state index contributed by atoms with van der Waals surface area (Å²) in [5.74, 6) is 1.38. The Morgan fingerprint density at radius 2 is 1.75 bits per heavy atom. The van der Waals surface area contributed by atoms with E-state index >= 15 is 0 Å². The molecule has 1 fully saturated rings. The van der Waals surface area contributed by atoms with Gasteiger partial charge in [-0.05, 0) is 42.9 Å². The summed E-state index contributed by atoms with van der Waals surface area (Å²) in [6.45, 7) is 14.1. The molecule has 0 aromatic heterocycles. The molecule has 3 nitrogen and oxygen atoms in total. The Balaban J connectivity index is 2.31. The largest absolute Gasteiger partial charge is 0.379 e. The van der Waals surface area contributed by atoms with E-state index in [9.17, 15) is 0 Å². The minimum atomic E-state index is -0.0943. The van der Waals surface area contributed by atoms with Crippen molar-refractivity contribution in [3.05, 3.63) is 0 Å². The minimum Gasteiger partial charge on any atom is -0.379 e. The molecule has 3 heteroatoms. The highest BCUT2D eigenvalue weighted by molar-refractivity contribution is 4.91. The third-order valence-electron chi connectivity index (χ3n) is 4.58. The van der Waals surface area contributed by atoms with E-state index in [1.165, 1.54) is 12.8 Å². The molecular weight excluding hydrogens is 250 g/mol. The van der Waals surface area contributed by atoms with Gasteiger partial charge in [0.05, 0.1) is 18.8 Å². The number of nitrogens with two attached hydrogens (primary N) is 1. The molecule has 0 atom stereocenters. The maximum absolute atomic E-state index is 6.11. The lowest BCUT2D eigenvalue weighted by atomic mass is 9.68. The highest BCUT2D eigenvalue weighted by Gasteiger charge is 2.38. The summed E-state index contributed by atoms with van der Waals surface area (Å²) in [5, 5.41) is 0. The van der Waals surface area contributed by atoms with Crippen LogP contribution in [0.5, 0.6) is 0 Å². The first-order valence-electron chi connectivity index (χ1n) is 8.21. The van der Waals surface area contributed by atoms with Crippen LogP contribution in [0, 0.1) is 17.3 Å². The molecule has 0 bridgehead atoms. The number of hydrogen-bond acceptors (Lipinski definition) is 3. The number of rotatable bonds is 7. The SMILES string of the molecule is CC(C)COCCOC1(CN)CCC(C(C)(C)C)CC1. The van der Waals surface area contributed by atoms with Gasteiger partial charge in [-0.3, -0.25) is 0 Å². The van der Waals surface area contributed by atoms with Crippen LogP contribution in [0.1, 0.15) is 60.3 Å². The van der Waals surface area contributed by atoms with Gasteiger partial charge in [-0.15, -0.1) is 0 Å². The zero-order valence-electron chi connectivity index (χ0n) is 14.2. The Hall–Kier alpha value is -0.120. The molecule has 2 N–H and O–H groups in total. The van der Waals surface area contributed by atoms with E-state index < -0.39 is 0 Å². The molecule has 0 aromatic carbocycles. The van der Waals surface area contributed by atoms with Crippen LogP contribution in [0.2, 0.25) is 0 Å². The Morgan fingerprint density at radius 3 is 2.20 bits per heavy atom. The van der Waals surface area contributed by atoms with Crippen LogP contribution in [0.25, 0.3) is 0 Å². The smallest absolute Gasteiger partial charge is 0.0805 e. The van der Waals surface area contributed by atoms with Crippen molar-refractivity contribution in [3.8, 4) is 0 Å². The van der Waals surface area contributed by atoms with Gasteiger partial charge in [0, 0.05) is 13.2 Å². The Morgan fingerprint density at radius 1 is 1.15 bits per heavy atom. The van der Waals surface area contributed by atoms with Crippen molar-refractivity contribution in [3.63, 3.8) is 0 Å². The van der Waals surface area contributed by atoms with Crippen molar-refractivity contribution in [2.24, 2.45) is 23.0 Å². The fourth-order valence-corrected chi connectivity index (χ4v) is 3.05. The topological polar surface area (TPSA) is 44.5 Å². The van der Waals surface area contributed by atoms with Crippen LogP contribution in [0.4, 0.5) is 0 Å². The van der Waals surface area contributed by atoms with Gasteiger partial charge < -0.3 is 15.2 Å². The van der Waals surface area contributed by atoms with Gasteiger partial charge in [-0.2, -0.15) is 0 Å². The molecule has 0 saturated heterocycles. The average Bonchev–Trinajstić information content (AvgIpc) is 2.37. The summed E-state index contributed by atoms with van der Waals surface area (Å²) in [4.78, 5) is 0. The predicted octanol–water partition coefficient (Wildman–Crippen LogP) is 3.61. The second kappa shape index (κ2) is 7.77. The van der Waals surface area contributed by atoms with Crippen molar-refractivity contribution in [2.75, 3.05) is 26.4 Å². The van der Waals surface area contributed by atoms with Gasteiger partial charge in [0.25, 0.3) is 0 Å². The fraction of sp³-hybridized carbons (Fsp3) is 1.00. The Kier molecular flexibility index (Phi) is 6.96. The van der Waals surface area contributed by atoms with E-state index in [1.807, 2.05) is 0 Å². The van der Waals surface area contributed by atoms with Crippen molar-refractivity contribution in [1.29, 1.82) is 0 Å². The summed E-state index contributed by atoms with van der Waals surface area (Å²) in [7, 11) is 0. The molecule has 0 radical (unpaired) electrons. The third kappa shape index (κ3) is 5.71. The van der Waals surface area contributed by atoms with E-state index in [1.54, 1.807) is 0 Å². The summed E-state index contributed by atoms with van der Waals surface area (Å²) in [6, 6.07) is 0. The first-order valence-corrected chi connectivity index (χ1v) is 8.21. The van der Waals surface area contributed by atoms with Gasteiger partial charge in [-0.25, -0.2) is 0 Å². The lowest BCUT2D eigenvalue weighted by Gasteiger charge is -2.43. The molecule has 120 valence electrons. The van der Waals surface area contributed by atoms with Gasteiger partial charge in [0.1, 0.15) is 0 Å². The molecule has 0 heterocycles. The summed E-state index contributed by atoms with van der Waals surface area (Å²) >= 11 is 0. The maximum atomic E-state index is 6.11. The van der Waals surface area contributed by atoms with Gasteiger partial charge in [0.2, 0.25) is 0 Å². The molecule has 0 unspecified atom stereocenters. The van der Waals surface area contributed by atoms with Crippen LogP contribution in [0.15, 0.2) is 0 Å². The first kappa shape index (κ1) is 17.9. The molecule has 0 aromatic rings. The van der Waals surface area contributed by atoms with Crippen LogP contribution >= 0.6 is 0 Å². The lowest BCUT2D eigenvalue weighted by Crippen LogP contribution is -2.46. The quantitative estimate of drug-likeness (QED) is 0.727. The van der Waals surface area contributed by atoms with Gasteiger partial charge in [0.15, 0.2) is 0 Å². The van der Waals surface area contributed by atoms with Crippen LogP contribution < -0.4 is 5.73 Å². The molecule has 1 saturated carbocycles. The molecule has 20 heavy (non-hydrogen) atoms. The fourth-order valence-electron chi connectivity index (χ4n) is 3.05. The van der Waals surface area contributed by atoms with E-state index in [0.29, 0.717) is 31.1 Å². The van der Waals surface area contributed by atoms with Crippen LogP contribution in [-0.4, -0.2) is 32.0 Å². The Labute approximate surface area is 125 Å². The molecule has 0 spiro atoms.